The van der Waals surface area contributed by atoms with Crippen molar-refractivity contribution in [1.29, 1.82) is 0 Å². The Morgan fingerprint density at radius 2 is 1.59 bits per heavy atom. The molecule has 0 saturated heterocycles. The number of aromatic nitrogens is 2. The van der Waals surface area contributed by atoms with Crippen LogP contribution in [0.3, 0.4) is 0 Å². The Morgan fingerprint density at radius 1 is 0.897 bits per heavy atom. The highest BCUT2D eigenvalue weighted by molar-refractivity contribution is 7.98. The molecule has 0 amide bonds. The summed E-state index contributed by atoms with van der Waals surface area (Å²) in [5.41, 5.74) is 4.78. The number of aryl methyl sites for hydroxylation is 2. The number of rotatable bonds is 4. The highest BCUT2D eigenvalue weighted by atomic mass is 32.2. The second-order valence-electron chi connectivity index (χ2n) is 7.08. The fraction of sp³-hybridized carbons (Fsp3) is 0.120. The third-order valence-electron chi connectivity index (χ3n) is 4.81. The number of benzene rings is 3. The van der Waals surface area contributed by atoms with E-state index in [1.807, 2.05) is 62.4 Å². The maximum atomic E-state index is 13.4. The minimum absolute atomic E-state index is 0.0574. The van der Waals surface area contributed by atoms with E-state index < -0.39 is 0 Å². The lowest BCUT2D eigenvalue weighted by molar-refractivity contribution is 0.940. The van der Waals surface area contributed by atoms with Gasteiger partial charge in [-0.05, 0) is 79.3 Å². The van der Waals surface area contributed by atoms with E-state index in [1.165, 1.54) is 4.90 Å². The van der Waals surface area contributed by atoms with Crippen molar-refractivity contribution >= 4 is 34.8 Å². The van der Waals surface area contributed by atoms with Crippen molar-refractivity contribution in [2.75, 3.05) is 6.26 Å². The number of nitrogens with zero attached hydrogens (tertiary/aromatic N) is 2. The van der Waals surface area contributed by atoms with E-state index in [-0.39, 0.29) is 5.56 Å². The molecule has 4 heteroatoms. The lowest BCUT2D eigenvalue weighted by atomic mass is 10.1. The second kappa shape index (κ2) is 8.10. The minimum atomic E-state index is -0.0574. The highest BCUT2D eigenvalue weighted by Crippen LogP contribution is 2.19. The third-order valence-corrected chi connectivity index (χ3v) is 5.55. The van der Waals surface area contributed by atoms with Crippen molar-refractivity contribution in [2.45, 2.75) is 18.7 Å². The first-order chi connectivity index (χ1) is 14.0. The summed E-state index contributed by atoms with van der Waals surface area (Å²) in [4.78, 5) is 19.4. The molecule has 3 nitrogen and oxygen atoms in total. The molecule has 0 saturated carbocycles. The summed E-state index contributed by atoms with van der Waals surface area (Å²) in [6, 6.07) is 22.0. The van der Waals surface area contributed by atoms with Crippen LogP contribution in [0.5, 0.6) is 0 Å². The van der Waals surface area contributed by atoms with Crippen LogP contribution in [0.15, 0.2) is 76.4 Å². The van der Waals surface area contributed by atoms with Crippen molar-refractivity contribution in [3.8, 4) is 5.69 Å². The van der Waals surface area contributed by atoms with Gasteiger partial charge in [0.15, 0.2) is 0 Å². The Labute approximate surface area is 174 Å². The fourth-order valence-corrected chi connectivity index (χ4v) is 3.88. The molecule has 4 rings (SSSR count). The number of fused-ring (bicyclic) bond motifs is 1. The molecule has 0 N–H and O–H groups in total. The van der Waals surface area contributed by atoms with E-state index in [2.05, 4.69) is 36.6 Å². The van der Waals surface area contributed by atoms with Crippen LogP contribution < -0.4 is 5.56 Å². The van der Waals surface area contributed by atoms with Gasteiger partial charge in [0.05, 0.1) is 16.6 Å². The van der Waals surface area contributed by atoms with Gasteiger partial charge in [0.2, 0.25) is 0 Å². The second-order valence-corrected chi connectivity index (χ2v) is 7.96. The molecule has 3 aromatic carbocycles. The smallest absolute Gasteiger partial charge is 0.266 e. The highest BCUT2D eigenvalue weighted by Gasteiger charge is 2.11. The maximum Gasteiger partial charge on any atom is 0.266 e. The van der Waals surface area contributed by atoms with Gasteiger partial charge in [-0.15, -0.1) is 11.8 Å². The molecule has 0 radical (unpaired) electrons. The zero-order valence-corrected chi connectivity index (χ0v) is 17.5. The van der Waals surface area contributed by atoms with Crippen LogP contribution in [-0.4, -0.2) is 15.8 Å². The summed E-state index contributed by atoms with van der Waals surface area (Å²) in [6.07, 6.45) is 5.98. The van der Waals surface area contributed by atoms with Gasteiger partial charge >= 0.3 is 0 Å². The largest absolute Gasteiger partial charge is 0.268 e. The van der Waals surface area contributed by atoms with Gasteiger partial charge in [-0.3, -0.25) is 9.36 Å². The Morgan fingerprint density at radius 3 is 2.28 bits per heavy atom. The first-order valence-electron chi connectivity index (χ1n) is 9.48. The van der Waals surface area contributed by atoms with E-state index in [4.69, 9.17) is 4.98 Å². The zero-order chi connectivity index (χ0) is 20.4. The predicted molar refractivity (Wildman–Crippen MR) is 124 cm³/mol. The van der Waals surface area contributed by atoms with Gasteiger partial charge < -0.3 is 0 Å². The molecule has 0 aliphatic heterocycles. The summed E-state index contributed by atoms with van der Waals surface area (Å²) in [5.74, 6) is 0.618. The van der Waals surface area contributed by atoms with E-state index >= 15 is 0 Å². The molecular weight excluding hydrogens is 376 g/mol. The fourth-order valence-electron chi connectivity index (χ4n) is 3.48. The molecule has 4 aromatic rings. The average Bonchev–Trinajstić information content (AvgIpc) is 2.72. The van der Waals surface area contributed by atoms with Crippen LogP contribution in [0, 0.1) is 13.8 Å². The normalized spacial score (nSPS) is 11.4. The van der Waals surface area contributed by atoms with Crippen LogP contribution in [-0.2, 0) is 0 Å². The van der Waals surface area contributed by atoms with E-state index in [1.54, 1.807) is 16.3 Å². The number of hydrogen-bond acceptors (Lipinski definition) is 3. The molecule has 0 bridgehead atoms. The van der Waals surface area contributed by atoms with Crippen LogP contribution in [0.4, 0.5) is 0 Å². The Balaban J connectivity index is 1.91. The lowest BCUT2D eigenvalue weighted by Crippen LogP contribution is -2.22. The van der Waals surface area contributed by atoms with Crippen LogP contribution in [0.25, 0.3) is 28.7 Å². The van der Waals surface area contributed by atoms with Gasteiger partial charge in [0, 0.05) is 4.90 Å². The summed E-state index contributed by atoms with van der Waals surface area (Å²) in [5, 5.41) is 0.619. The molecule has 144 valence electrons. The predicted octanol–water partition coefficient (Wildman–Crippen LogP) is 5.89. The minimum Gasteiger partial charge on any atom is -0.268 e. The number of hydrogen-bond donors (Lipinski definition) is 0. The number of thioether (sulfide) groups is 1. The van der Waals surface area contributed by atoms with Crippen molar-refractivity contribution < 1.29 is 0 Å². The monoisotopic (exact) mass is 398 g/mol. The first kappa shape index (κ1) is 19.2. The summed E-state index contributed by atoms with van der Waals surface area (Å²) < 4.78 is 1.70. The average molecular weight is 399 g/mol. The molecule has 0 spiro atoms. The Hall–Kier alpha value is -3.11. The molecule has 29 heavy (non-hydrogen) atoms. The topological polar surface area (TPSA) is 34.9 Å². The van der Waals surface area contributed by atoms with E-state index in [0.717, 1.165) is 22.4 Å². The number of para-hydroxylation sites is 1. The van der Waals surface area contributed by atoms with E-state index in [9.17, 15) is 4.79 Å². The van der Waals surface area contributed by atoms with Crippen molar-refractivity contribution in [2.24, 2.45) is 0 Å². The Kier molecular flexibility index (Phi) is 5.36. The molecule has 0 aliphatic rings. The van der Waals surface area contributed by atoms with Crippen molar-refractivity contribution in [3.05, 3.63) is 99.6 Å². The third kappa shape index (κ3) is 4.03. The quantitative estimate of drug-likeness (QED) is 0.402. The summed E-state index contributed by atoms with van der Waals surface area (Å²) in [7, 11) is 0. The zero-order valence-electron chi connectivity index (χ0n) is 16.7. The summed E-state index contributed by atoms with van der Waals surface area (Å²) in [6.45, 7) is 4.08. The van der Waals surface area contributed by atoms with Gasteiger partial charge in [-0.2, -0.15) is 0 Å². The van der Waals surface area contributed by atoms with Crippen LogP contribution in [0.1, 0.15) is 22.5 Å². The van der Waals surface area contributed by atoms with Gasteiger partial charge in [0.1, 0.15) is 5.82 Å². The lowest BCUT2D eigenvalue weighted by Gasteiger charge is -2.13. The van der Waals surface area contributed by atoms with Crippen LogP contribution in [0.2, 0.25) is 0 Å². The van der Waals surface area contributed by atoms with E-state index in [0.29, 0.717) is 16.7 Å². The standard InChI is InChI=1S/C25H22N2OS/c1-17-14-18(2)16-20(15-17)27-24(13-10-19-8-11-21(29-3)12-9-19)26-23-7-5-4-6-22(23)25(27)28/h4-16H,1-3H3/b13-10+. The molecule has 0 aliphatic carbocycles. The van der Waals surface area contributed by atoms with Gasteiger partial charge in [-0.25, -0.2) is 4.98 Å². The van der Waals surface area contributed by atoms with Gasteiger partial charge in [-0.1, -0.05) is 36.4 Å². The first-order valence-corrected chi connectivity index (χ1v) is 10.7. The van der Waals surface area contributed by atoms with Crippen molar-refractivity contribution in [1.82, 2.24) is 9.55 Å². The summed E-state index contributed by atoms with van der Waals surface area (Å²) >= 11 is 1.72. The molecule has 0 atom stereocenters. The van der Waals surface area contributed by atoms with Gasteiger partial charge in [0.25, 0.3) is 5.56 Å². The molecule has 0 unspecified atom stereocenters. The Bertz CT molecular complexity index is 1250. The van der Waals surface area contributed by atoms with Crippen LogP contribution >= 0.6 is 11.8 Å². The van der Waals surface area contributed by atoms with Crippen molar-refractivity contribution in [3.63, 3.8) is 0 Å². The SMILES string of the molecule is CSc1ccc(/C=C/c2nc3ccccc3c(=O)n2-c2cc(C)cc(C)c2)cc1. The molecule has 0 fully saturated rings. The molecule has 1 heterocycles. The molecule has 1 aromatic heterocycles. The maximum absolute atomic E-state index is 13.4. The molecular formula is C25H22N2OS.